The fourth-order valence-corrected chi connectivity index (χ4v) is 6.59. The van der Waals surface area contributed by atoms with E-state index >= 15 is 0 Å². The normalized spacial score (nSPS) is 13.4. The van der Waals surface area contributed by atoms with Crippen LogP contribution in [0.4, 0.5) is 0 Å². The minimum atomic E-state index is -0.0187. The predicted molar refractivity (Wildman–Crippen MR) is 135 cm³/mol. The second-order valence-corrected chi connectivity index (χ2v) is 10.5. The van der Waals surface area contributed by atoms with Crippen molar-refractivity contribution in [2.45, 2.75) is 44.6 Å². The number of amides is 1. The van der Waals surface area contributed by atoms with Crippen LogP contribution in [-0.2, 0) is 23.5 Å². The van der Waals surface area contributed by atoms with E-state index < -0.39 is 0 Å². The molecule has 0 N–H and O–H groups in total. The van der Waals surface area contributed by atoms with E-state index in [2.05, 4.69) is 31.2 Å². The molecule has 0 atom stereocenters. The third-order valence-electron chi connectivity index (χ3n) is 6.10. The molecule has 2 aromatic carbocycles. The summed E-state index contributed by atoms with van der Waals surface area (Å²) in [7, 11) is 0. The summed E-state index contributed by atoms with van der Waals surface area (Å²) >= 11 is 3.14. The topological polar surface area (TPSA) is 55.2 Å². The van der Waals surface area contributed by atoms with Gasteiger partial charge in [0.1, 0.15) is 4.83 Å². The van der Waals surface area contributed by atoms with Crippen LogP contribution in [0.1, 0.15) is 34.1 Å². The Morgan fingerprint density at radius 2 is 1.97 bits per heavy atom. The van der Waals surface area contributed by atoms with Gasteiger partial charge in [0.2, 0.25) is 5.91 Å². The number of rotatable bonds is 4. The van der Waals surface area contributed by atoms with Crippen molar-refractivity contribution >= 4 is 39.2 Å². The summed E-state index contributed by atoms with van der Waals surface area (Å²) in [5.74, 6) is 0.798. The maximum atomic E-state index is 14.0. The minimum absolute atomic E-state index is 0.0187. The average Bonchev–Trinajstić information content (AvgIpc) is 3.16. The smallest absolute Gasteiger partial charge is 0.267 e. The molecule has 0 radical (unpaired) electrons. The number of aryl methyl sites for hydroxylation is 2. The number of carbonyl (C=O) groups excluding carboxylic acids is 1. The summed E-state index contributed by atoms with van der Waals surface area (Å²) in [5, 5.41) is 1.41. The highest BCUT2D eigenvalue weighted by Gasteiger charge is 2.26. The zero-order chi connectivity index (χ0) is 23.1. The molecular weight excluding hydrogens is 450 g/mol. The van der Waals surface area contributed by atoms with Crippen molar-refractivity contribution in [3.05, 3.63) is 86.0 Å². The van der Waals surface area contributed by atoms with E-state index in [4.69, 9.17) is 4.98 Å². The Balaban J connectivity index is 1.66. The molecule has 3 heterocycles. The van der Waals surface area contributed by atoms with Crippen molar-refractivity contribution in [2.24, 2.45) is 0 Å². The minimum Gasteiger partial charge on any atom is -0.337 e. The van der Waals surface area contributed by atoms with Crippen molar-refractivity contribution < 1.29 is 4.79 Å². The number of carbonyl (C=O) groups is 1. The van der Waals surface area contributed by atoms with E-state index in [0.29, 0.717) is 30.1 Å². The van der Waals surface area contributed by atoms with E-state index in [9.17, 15) is 9.59 Å². The van der Waals surface area contributed by atoms with Gasteiger partial charge in [0.15, 0.2) is 5.16 Å². The summed E-state index contributed by atoms with van der Waals surface area (Å²) < 4.78 is 1.78. The zero-order valence-corrected chi connectivity index (χ0v) is 20.6. The van der Waals surface area contributed by atoms with E-state index in [1.165, 1.54) is 11.1 Å². The first-order valence-corrected chi connectivity index (χ1v) is 12.8. The first kappa shape index (κ1) is 21.9. The lowest BCUT2D eigenvalue weighted by molar-refractivity contribution is -0.129. The molecule has 4 aromatic rings. The molecule has 0 bridgehead atoms. The second-order valence-electron chi connectivity index (χ2n) is 8.47. The number of hydrogen-bond acceptors (Lipinski definition) is 5. The fourth-order valence-electron chi connectivity index (χ4n) is 4.37. The Bertz CT molecular complexity index is 1440. The highest BCUT2D eigenvalue weighted by molar-refractivity contribution is 7.98. The molecule has 1 aliphatic heterocycles. The van der Waals surface area contributed by atoms with Gasteiger partial charge in [-0.2, -0.15) is 0 Å². The van der Waals surface area contributed by atoms with Crippen molar-refractivity contribution in [1.82, 2.24) is 14.5 Å². The van der Waals surface area contributed by atoms with Crippen LogP contribution in [0.25, 0.3) is 15.9 Å². The van der Waals surface area contributed by atoms with Gasteiger partial charge >= 0.3 is 0 Å². The van der Waals surface area contributed by atoms with Gasteiger partial charge in [-0.3, -0.25) is 14.2 Å². The van der Waals surface area contributed by atoms with Gasteiger partial charge in [-0.15, -0.1) is 11.3 Å². The van der Waals surface area contributed by atoms with Crippen molar-refractivity contribution in [3.63, 3.8) is 0 Å². The van der Waals surface area contributed by atoms with Crippen LogP contribution in [0.5, 0.6) is 0 Å². The highest BCUT2D eigenvalue weighted by Crippen LogP contribution is 2.35. The van der Waals surface area contributed by atoms with Gasteiger partial charge in [0, 0.05) is 24.1 Å². The predicted octanol–water partition coefficient (Wildman–Crippen LogP) is 5.26. The van der Waals surface area contributed by atoms with Gasteiger partial charge < -0.3 is 4.90 Å². The summed E-state index contributed by atoms with van der Waals surface area (Å²) in [5.41, 5.74) is 5.36. The lowest BCUT2D eigenvalue weighted by Gasteiger charge is -2.25. The third kappa shape index (κ3) is 4.11. The highest BCUT2D eigenvalue weighted by atomic mass is 32.2. The lowest BCUT2D eigenvalue weighted by atomic mass is 10.1. The molecule has 168 valence electrons. The van der Waals surface area contributed by atoms with Crippen molar-refractivity contribution in [2.75, 3.05) is 6.54 Å². The Hall–Kier alpha value is -2.90. The number of thioether (sulfide) groups is 1. The van der Waals surface area contributed by atoms with Gasteiger partial charge in [-0.25, -0.2) is 4.98 Å². The van der Waals surface area contributed by atoms with Crippen LogP contribution < -0.4 is 5.56 Å². The molecule has 1 aliphatic rings. The molecule has 7 heteroatoms. The zero-order valence-electron chi connectivity index (χ0n) is 18.9. The summed E-state index contributed by atoms with van der Waals surface area (Å²) in [6.07, 6.45) is 0.690. The van der Waals surface area contributed by atoms with Gasteiger partial charge in [-0.05, 0) is 43.0 Å². The molecular formula is C26H25N3O2S2. The Kier molecular flexibility index (Phi) is 5.85. The molecule has 33 heavy (non-hydrogen) atoms. The van der Waals surface area contributed by atoms with Crippen LogP contribution in [0.3, 0.4) is 0 Å². The number of thiophene rings is 1. The van der Waals surface area contributed by atoms with Gasteiger partial charge in [0.25, 0.3) is 5.56 Å². The SMILES string of the molecule is CC(=O)N1CCc2c(sc3nc(SCc4cccc(C)c4)n(-c4ccccc4C)c(=O)c23)C1. The number of hydrogen-bond donors (Lipinski definition) is 0. The largest absolute Gasteiger partial charge is 0.337 e. The molecule has 0 saturated carbocycles. The Labute approximate surface area is 201 Å². The standard InChI is InChI=1S/C26H25N3O2S2/c1-16-7-6-9-19(13-16)15-32-26-27-24-23(20-11-12-28(18(3)30)14-22(20)33-24)25(31)29(26)21-10-5-4-8-17(21)2/h4-10,13H,11-12,14-15H2,1-3H3. The van der Waals surface area contributed by atoms with Crippen LogP contribution in [0, 0.1) is 13.8 Å². The molecule has 1 amide bonds. The van der Waals surface area contributed by atoms with E-state index in [-0.39, 0.29) is 11.5 Å². The first-order chi connectivity index (χ1) is 15.9. The summed E-state index contributed by atoms with van der Waals surface area (Å²) in [4.78, 5) is 34.6. The average molecular weight is 476 g/mol. The molecule has 0 saturated heterocycles. The molecule has 5 rings (SSSR count). The second kappa shape index (κ2) is 8.80. The molecule has 5 nitrogen and oxygen atoms in total. The molecule has 0 fully saturated rings. The summed E-state index contributed by atoms with van der Waals surface area (Å²) in [6, 6.07) is 16.4. The van der Waals surface area contributed by atoms with Gasteiger partial charge in [-0.1, -0.05) is 59.8 Å². The monoisotopic (exact) mass is 475 g/mol. The molecule has 0 aliphatic carbocycles. The van der Waals surface area contributed by atoms with Crippen LogP contribution in [0.15, 0.2) is 58.5 Å². The Morgan fingerprint density at radius 3 is 2.73 bits per heavy atom. The van der Waals surface area contributed by atoms with Crippen LogP contribution in [0.2, 0.25) is 0 Å². The summed E-state index contributed by atoms with van der Waals surface area (Å²) in [6.45, 7) is 6.90. The number of benzene rings is 2. The first-order valence-electron chi connectivity index (χ1n) is 11.0. The Morgan fingerprint density at radius 1 is 1.15 bits per heavy atom. The van der Waals surface area contributed by atoms with Gasteiger partial charge in [0.05, 0.1) is 17.6 Å². The van der Waals surface area contributed by atoms with E-state index in [1.807, 2.05) is 36.1 Å². The quantitative estimate of drug-likeness (QED) is 0.298. The fraction of sp³-hybridized carbons (Fsp3) is 0.269. The molecule has 0 spiro atoms. The lowest BCUT2D eigenvalue weighted by Crippen LogP contribution is -2.34. The third-order valence-corrected chi connectivity index (χ3v) is 8.22. The maximum Gasteiger partial charge on any atom is 0.267 e. The molecule has 2 aromatic heterocycles. The van der Waals surface area contributed by atoms with E-state index in [1.54, 1.807) is 34.6 Å². The number of fused-ring (bicyclic) bond motifs is 3. The van der Waals surface area contributed by atoms with Crippen LogP contribution in [-0.4, -0.2) is 26.9 Å². The maximum absolute atomic E-state index is 14.0. The van der Waals surface area contributed by atoms with Crippen LogP contribution >= 0.6 is 23.1 Å². The molecule has 0 unspecified atom stereocenters. The van der Waals surface area contributed by atoms with E-state index in [0.717, 1.165) is 32.3 Å². The van der Waals surface area contributed by atoms with Crippen molar-refractivity contribution in [3.8, 4) is 5.69 Å². The number of nitrogens with zero attached hydrogens (tertiary/aromatic N) is 3. The number of para-hydroxylation sites is 1. The number of aromatic nitrogens is 2. The van der Waals surface area contributed by atoms with Crippen molar-refractivity contribution in [1.29, 1.82) is 0 Å².